The molecule has 1 aromatic rings. The summed E-state index contributed by atoms with van der Waals surface area (Å²) in [5, 5.41) is 0. The van der Waals surface area contributed by atoms with Gasteiger partial charge in [-0.15, -0.1) is 0 Å². The Bertz CT molecular complexity index is 361. The summed E-state index contributed by atoms with van der Waals surface area (Å²) in [4.78, 5) is 14.8. The van der Waals surface area contributed by atoms with Gasteiger partial charge in [-0.3, -0.25) is 9.78 Å². The van der Waals surface area contributed by atoms with Crippen molar-refractivity contribution in [1.82, 2.24) is 4.98 Å². The van der Waals surface area contributed by atoms with Crippen LogP contribution in [0.5, 0.6) is 5.75 Å². The molecule has 80 valence electrons. The summed E-state index contributed by atoms with van der Waals surface area (Å²) in [5.41, 5.74) is 5.76. The molecule has 0 atom stereocenters. The molecule has 0 bridgehead atoms. The molecular formula is C11H14N2O2. The van der Waals surface area contributed by atoms with Crippen molar-refractivity contribution in [3.63, 3.8) is 0 Å². The van der Waals surface area contributed by atoms with Crippen molar-refractivity contribution >= 4 is 5.91 Å². The summed E-state index contributed by atoms with van der Waals surface area (Å²) in [6.45, 7) is 0. The number of nitrogens with zero attached hydrogens (tertiary/aromatic N) is 1. The van der Waals surface area contributed by atoms with Crippen molar-refractivity contribution in [2.75, 3.05) is 0 Å². The van der Waals surface area contributed by atoms with Gasteiger partial charge in [0.05, 0.1) is 18.2 Å². The van der Waals surface area contributed by atoms with Crippen molar-refractivity contribution in [3.05, 3.63) is 24.0 Å². The van der Waals surface area contributed by atoms with Crippen LogP contribution in [0.15, 0.2) is 18.3 Å². The molecule has 0 aliphatic heterocycles. The highest BCUT2D eigenvalue weighted by atomic mass is 16.5. The highest BCUT2D eigenvalue weighted by Crippen LogP contribution is 2.25. The number of amides is 1. The lowest BCUT2D eigenvalue weighted by Gasteiger charge is -2.26. The summed E-state index contributed by atoms with van der Waals surface area (Å²) >= 11 is 0. The number of aromatic nitrogens is 1. The molecule has 0 saturated heterocycles. The molecular weight excluding hydrogens is 192 g/mol. The Kier molecular flexibility index (Phi) is 2.85. The van der Waals surface area contributed by atoms with Crippen LogP contribution in [0.4, 0.5) is 0 Å². The first kappa shape index (κ1) is 9.96. The van der Waals surface area contributed by atoms with E-state index in [1.165, 1.54) is 6.42 Å². The van der Waals surface area contributed by atoms with E-state index in [9.17, 15) is 4.79 Å². The highest BCUT2D eigenvalue weighted by molar-refractivity contribution is 5.76. The van der Waals surface area contributed by atoms with Gasteiger partial charge in [-0.2, -0.15) is 0 Å². The third-order valence-corrected chi connectivity index (χ3v) is 2.50. The normalized spacial score (nSPS) is 15.7. The van der Waals surface area contributed by atoms with Crippen LogP contribution >= 0.6 is 0 Å². The predicted molar refractivity (Wildman–Crippen MR) is 55.4 cm³/mol. The van der Waals surface area contributed by atoms with Crippen molar-refractivity contribution in [1.29, 1.82) is 0 Å². The van der Waals surface area contributed by atoms with Crippen LogP contribution in [-0.2, 0) is 11.2 Å². The smallest absolute Gasteiger partial charge is 0.223 e. The van der Waals surface area contributed by atoms with E-state index in [0.717, 1.165) is 18.6 Å². The van der Waals surface area contributed by atoms with Crippen LogP contribution in [0.3, 0.4) is 0 Å². The standard InChI is InChI=1S/C11H14N2O2/c12-11(14)7-8-6-10(4-5-13-8)15-9-2-1-3-9/h4-6,9H,1-3,7H2,(H2,12,14). The minimum atomic E-state index is -0.372. The monoisotopic (exact) mass is 206 g/mol. The van der Waals surface area contributed by atoms with Crippen LogP contribution in [0.1, 0.15) is 25.0 Å². The molecule has 1 saturated carbocycles. The molecule has 0 aromatic carbocycles. The Balaban J connectivity index is 2.00. The highest BCUT2D eigenvalue weighted by Gasteiger charge is 2.19. The summed E-state index contributed by atoms with van der Waals surface area (Å²) in [5.74, 6) is 0.411. The average molecular weight is 206 g/mol. The summed E-state index contributed by atoms with van der Waals surface area (Å²) < 4.78 is 5.68. The maximum atomic E-state index is 10.7. The zero-order valence-corrected chi connectivity index (χ0v) is 8.48. The Morgan fingerprint density at radius 3 is 3.00 bits per heavy atom. The van der Waals surface area contributed by atoms with Crippen LogP contribution in [0, 0.1) is 0 Å². The molecule has 1 fully saturated rings. The summed E-state index contributed by atoms with van der Waals surface area (Å²) in [7, 11) is 0. The number of rotatable bonds is 4. The van der Waals surface area contributed by atoms with Crippen molar-refractivity contribution < 1.29 is 9.53 Å². The van der Waals surface area contributed by atoms with Gasteiger partial charge in [-0.1, -0.05) is 0 Å². The van der Waals surface area contributed by atoms with Gasteiger partial charge >= 0.3 is 0 Å². The van der Waals surface area contributed by atoms with Crippen LogP contribution < -0.4 is 10.5 Å². The number of primary amides is 1. The average Bonchev–Trinajstić information content (AvgIpc) is 2.11. The zero-order chi connectivity index (χ0) is 10.7. The SMILES string of the molecule is NC(=O)Cc1cc(OC2CCC2)ccn1. The number of carbonyl (C=O) groups is 1. The maximum absolute atomic E-state index is 10.7. The van der Waals surface area contributed by atoms with Crippen LogP contribution in [0.2, 0.25) is 0 Å². The molecule has 2 rings (SSSR count). The Labute approximate surface area is 88.4 Å². The molecule has 4 heteroatoms. The van der Waals surface area contributed by atoms with Gasteiger partial charge in [0.2, 0.25) is 5.91 Å². The quantitative estimate of drug-likeness (QED) is 0.800. The number of ether oxygens (including phenoxy) is 1. The molecule has 2 N–H and O–H groups in total. The number of hydrogen-bond acceptors (Lipinski definition) is 3. The molecule has 1 amide bonds. The van der Waals surface area contributed by atoms with E-state index in [1.54, 1.807) is 12.3 Å². The topological polar surface area (TPSA) is 65.2 Å². The maximum Gasteiger partial charge on any atom is 0.223 e. The predicted octanol–water partition coefficient (Wildman–Crippen LogP) is 1.04. The zero-order valence-electron chi connectivity index (χ0n) is 8.48. The first-order valence-corrected chi connectivity index (χ1v) is 5.14. The molecule has 4 nitrogen and oxygen atoms in total. The van der Waals surface area contributed by atoms with E-state index in [1.807, 2.05) is 6.07 Å². The van der Waals surface area contributed by atoms with Crippen LogP contribution in [-0.4, -0.2) is 17.0 Å². The Morgan fingerprint density at radius 2 is 2.40 bits per heavy atom. The molecule has 0 spiro atoms. The Hall–Kier alpha value is -1.58. The number of carbonyl (C=O) groups excluding carboxylic acids is 1. The molecule has 1 aliphatic carbocycles. The molecule has 1 aromatic heterocycles. The van der Waals surface area contributed by atoms with E-state index >= 15 is 0 Å². The number of pyridine rings is 1. The van der Waals surface area contributed by atoms with E-state index in [0.29, 0.717) is 11.8 Å². The van der Waals surface area contributed by atoms with E-state index in [4.69, 9.17) is 10.5 Å². The van der Waals surface area contributed by atoms with Crippen molar-refractivity contribution in [2.24, 2.45) is 5.73 Å². The lowest BCUT2D eigenvalue weighted by Crippen LogP contribution is -2.24. The number of nitrogens with two attached hydrogens (primary N) is 1. The first-order chi connectivity index (χ1) is 7.24. The largest absolute Gasteiger partial charge is 0.490 e. The van der Waals surface area contributed by atoms with Crippen LogP contribution in [0.25, 0.3) is 0 Å². The lowest BCUT2D eigenvalue weighted by atomic mass is 9.96. The first-order valence-electron chi connectivity index (χ1n) is 5.14. The van der Waals surface area contributed by atoms with Gasteiger partial charge in [0.1, 0.15) is 5.75 Å². The van der Waals surface area contributed by atoms with Crippen molar-refractivity contribution in [3.8, 4) is 5.75 Å². The molecule has 0 unspecified atom stereocenters. The second-order valence-corrected chi connectivity index (χ2v) is 3.80. The minimum Gasteiger partial charge on any atom is -0.490 e. The molecule has 15 heavy (non-hydrogen) atoms. The van der Waals surface area contributed by atoms with Gasteiger partial charge < -0.3 is 10.5 Å². The fraction of sp³-hybridized carbons (Fsp3) is 0.455. The molecule has 1 heterocycles. The van der Waals surface area contributed by atoms with Gasteiger partial charge in [-0.05, 0) is 25.3 Å². The second kappa shape index (κ2) is 4.29. The van der Waals surface area contributed by atoms with Gasteiger partial charge in [0, 0.05) is 12.3 Å². The summed E-state index contributed by atoms with van der Waals surface area (Å²) in [6.07, 6.45) is 5.63. The molecule has 1 aliphatic rings. The lowest BCUT2D eigenvalue weighted by molar-refractivity contribution is -0.117. The van der Waals surface area contributed by atoms with E-state index in [2.05, 4.69) is 4.98 Å². The van der Waals surface area contributed by atoms with Crippen molar-refractivity contribution in [2.45, 2.75) is 31.8 Å². The fourth-order valence-corrected chi connectivity index (χ4v) is 1.49. The third-order valence-electron chi connectivity index (χ3n) is 2.50. The van der Waals surface area contributed by atoms with Gasteiger partial charge in [0.25, 0.3) is 0 Å². The second-order valence-electron chi connectivity index (χ2n) is 3.80. The minimum absolute atomic E-state index is 0.169. The van der Waals surface area contributed by atoms with Gasteiger partial charge in [0.15, 0.2) is 0 Å². The summed E-state index contributed by atoms with van der Waals surface area (Å²) in [6, 6.07) is 3.59. The van der Waals surface area contributed by atoms with E-state index in [-0.39, 0.29) is 12.3 Å². The Morgan fingerprint density at radius 1 is 1.60 bits per heavy atom. The van der Waals surface area contributed by atoms with E-state index < -0.39 is 0 Å². The third kappa shape index (κ3) is 2.68. The number of hydrogen-bond donors (Lipinski definition) is 1. The fourth-order valence-electron chi connectivity index (χ4n) is 1.49. The van der Waals surface area contributed by atoms with Gasteiger partial charge in [-0.25, -0.2) is 0 Å². The molecule has 0 radical (unpaired) electrons.